The van der Waals surface area contributed by atoms with Gasteiger partial charge in [0.1, 0.15) is 6.04 Å². The normalized spacial score (nSPS) is 15.4. The maximum atomic E-state index is 13.2. The molecule has 1 aliphatic rings. The zero-order chi connectivity index (χ0) is 22.8. The Kier molecular flexibility index (Phi) is 9.62. The third-order valence-corrected chi connectivity index (χ3v) is 6.87. The summed E-state index contributed by atoms with van der Waals surface area (Å²) < 4.78 is 0. The molecule has 32 heavy (non-hydrogen) atoms. The van der Waals surface area contributed by atoms with Crippen LogP contribution in [0.1, 0.15) is 37.8 Å². The third kappa shape index (κ3) is 7.68. The Morgan fingerprint density at radius 2 is 1.66 bits per heavy atom. The summed E-state index contributed by atoms with van der Waals surface area (Å²) in [6.45, 7) is 7.66. The van der Waals surface area contributed by atoms with Crippen molar-refractivity contribution in [2.24, 2.45) is 0 Å². The molecule has 1 atom stereocenters. The summed E-state index contributed by atoms with van der Waals surface area (Å²) >= 11 is 1.63. The summed E-state index contributed by atoms with van der Waals surface area (Å²) in [6, 6.07) is 18.5. The maximum absolute atomic E-state index is 13.2. The SMILES string of the molecule is CCCCc1ccc(SCC(NC(C)=O)C(=O)N2CCN(Cc3ccccc3)CC2)cc1. The van der Waals surface area contributed by atoms with Crippen molar-refractivity contribution in [3.05, 3.63) is 65.7 Å². The fraction of sp³-hybridized carbons (Fsp3) is 0.462. The fourth-order valence-electron chi connectivity index (χ4n) is 3.92. The molecule has 0 bridgehead atoms. The number of nitrogens with one attached hydrogen (secondary N) is 1. The Hall–Kier alpha value is -2.31. The lowest BCUT2D eigenvalue weighted by Crippen LogP contribution is -2.55. The van der Waals surface area contributed by atoms with Crippen molar-refractivity contribution < 1.29 is 9.59 Å². The molecule has 1 aliphatic heterocycles. The number of carbonyl (C=O) groups is 2. The first-order chi connectivity index (χ1) is 15.5. The molecule has 0 aliphatic carbocycles. The Bertz CT molecular complexity index is 849. The largest absolute Gasteiger partial charge is 0.344 e. The van der Waals surface area contributed by atoms with E-state index in [1.165, 1.54) is 30.9 Å². The number of amides is 2. The molecule has 1 saturated heterocycles. The van der Waals surface area contributed by atoms with Gasteiger partial charge in [-0.3, -0.25) is 14.5 Å². The number of rotatable bonds is 10. The van der Waals surface area contributed by atoms with Gasteiger partial charge in [0.05, 0.1) is 0 Å². The highest BCUT2D eigenvalue weighted by Crippen LogP contribution is 2.21. The number of nitrogens with zero attached hydrogens (tertiary/aromatic N) is 2. The van der Waals surface area contributed by atoms with E-state index in [4.69, 9.17) is 0 Å². The van der Waals surface area contributed by atoms with E-state index in [1.54, 1.807) is 11.8 Å². The molecule has 2 aromatic rings. The smallest absolute Gasteiger partial charge is 0.246 e. The fourth-order valence-corrected chi connectivity index (χ4v) is 4.83. The molecule has 6 heteroatoms. The van der Waals surface area contributed by atoms with Crippen LogP contribution in [0.5, 0.6) is 0 Å². The highest BCUT2D eigenvalue weighted by molar-refractivity contribution is 7.99. The second-order valence-corrected chi connectivity index (χ2v) is 9.49. The minimum atomic E-state index is -0.502. The van der Waals surface area contributed by atoms with Crippen LogP contribution in [-0.4, -0.2) is 59.6 Å². The number of hydrogen-bond acceptors (Lipinski definition) is 4. The zero-order valence-electron chi connectivity index (χ0n) is 19.3. The summed E-state index contributed by atoms with van der Waals surface area (Å²) in [5, 5.41) is 2.87. The van der Waals surface area contributed by atoms with E-state index in [1.807, 2.05) is 11.0 Å². The highest BCUT2D eigenvalue weighted by Gasteiger charge is 2.28. The number of aryl methyl sites for hydroxylation is 1. The quantitative estimate of drug-likeness (QED) is 0.553. The van der Waals surface area contributed by atoms with Gasteiger partial charge in [0.2, 0.25) is 11.8 Å². The van der Waals surface area contributed by atoms with Gasteiger partial charge in [0.15, 0.2) is 0 Å². The number of thioether (sulfide) groups is 1. The Morgan fingerprint density at radius 3 is 2.28 bits per heavy atom. The van der Waals surface area contributed by atoms with Crippen LogP contribution < -0.4 is 5.32 Å². The Labute approximate surface area is 196 Å². The third-order valence-electron chi connectivity index (χ3n) is 5.77. The second kappa shape index (κ2) is 12.7. The van der Waals surface area contributed by atoms with Gasteiger partial charge in [0.25, 0.3) is 0 Å². The van der Waals surface area contributed by atoms with Crippen LogP contribution in [0.2, 0.25) is 0 Å². The predicted molar refractivity (Wildman–Crippen MR) is 132 cm³/mol. The van der Waals surface area contributed by atoms with Crippen molar-refractivity contribution in [2.45, 2.75) is 50.6 Å². The van der Waals surface area contributed by atoms with E-state index < -0.39 is 6.04 Å². The maximum Gasteiger partial charge on any atom is 0.246 e. The van der Waals surface area contributed by atoms with Crippen LogP contribution in [0, 0.1) is 0 Å². The minimum absolute atomic E-state index is 0.0200. The van der Waals surface area contributed by atoms with Crippen LogP contribution in [-0.2, 0) is 22.6 Å². The molecule has 0 saturated carbocycles. The lowest BCUT2D eigenvalue weighted by atomic mass is 10.1. The molecule has 2 aromatic carbocycles. The number of piperazine rings is 1. The lowest BCUT2D eigenvalue weighted by molar-refractivity contribution is -0.137. The Morgan fingerprint density at radius 1 is 0.969 bits per heavy atom. The van der Waals surface area contributed by atoms with E-state index in [9.17, 15) is 9.59 Å². The molecular weight excluding hydrogens is 418 g/mol. The Balaban J connectivity index is 1.51. The van der Waals surface area contributed by atoms with Gasteiger partial charge in [-0.25, -0.2) is 0 Å². The summed E-state index contributed by atoms with van der Waals surface area (Å²) in [4.78, 5) is 30.3. The topological polar surface area (TPSA) is 52.7 Å². The number of hydrogen-bond donors (Lipinski definition) is 1. The zero-order valence-corrected chi connectivity index (χ0v) is 20.1. The summed E-state index contributed by atoms with van der Waals surface area (Å²) in [5.41, 5.74) is 2.64. The van der Waals surface area contributed by atoms with Crippen LogP contribution in [0.3, 0.4) is 0 Å². The van der Waals surface area contributed by atoms with Gasteiger partial charge >= 0.3 is 0 Å². The van der Waals surface area contributed by atoms with Gasteiger partial charge < -0.3 is 10.2 Å². The lowest BCUT2D eigenvalue weighted by Gasteiger charge is -2.36. The first-order valence-corrected chi connectivity index (χ1v) is 12.6. The molecule has 2 amide bonds. The van der Waals surface area contributed by atoms with E-state index in [0.29, 0.717) is 18.8 Å². The first-order valence-electron chi connectivity index (χ1n) is 11.6. The minimum Gasteiger partial charge on any atom is -0.344 e. The first kappa shape index (κ1) is 24.3. The molecule has 172 valence electrons. The summed E-state index contributed by atoms with van der Waals surface area (Å²) in [6.07, 6.45) is 3.49. The predicted octanol–water partition coefficient (Wildman–Crippen LogP) is 3.97. The number of carbonyl (C=O) groups excluding carboxylic acids is 2. The van der Waals surface area contributed by atoms with Gasteiger partial charge in [-0.2, -0.15) is 0 Å². The molecule has 1 fully saturated rings. The van der Waals surface area contributed by atoms with Gasteiger partial charge in [-0.15, -0.1) is 11.8 Å². The van der Waals surface area contributed by atoms with Crippen molar-refractivity contribution >= 4 is 23.6 Å². The van der Waals surface area contributed by atoms with Gasteiger partial charge in [0, 0.05) is 50.3 Å². The molecule has 1 N–H and O–H groups in total. The van der Waals surface area contributed by atoms with Crippen molar-refractivity contribution in [2.75, 3.05) is 31.9 Å². The van der Waals surface area contributed by atoms with Gasteiger partial charge in [-0.1, -0.05) is 55.8 Å². The van der Waals surface area contributed by atoms with Crippen LogP contribution in [0.15, 0.2) is 59.5 Å². The summed E-state index contributed by atoms with van der Waals surface area (Å²) in [7, 11) is 0. The van der Waals surface area contributed by atoms with Crippen LogP contribution in [0.25, 0.3) is 0 Å². The van der Waals surface area contributed by atoms with Gasteiger partial charge in [-0.05, 0) is 36.1 Å². The monoisotopic (exact) mass is 453 g/mol. The number of benzene rings is 2. The van der Waals surface area contributed by atoms with E-state index >= 15 is 0 Å². The second-order valence-electron chi connectivity index (χ2n) is 8.40. The van der Waals surface area contributed by atoms with Crippen LogP contribution in [0.4, 0.5) is 0 Å². The average molecular weight is 454 g/mol. The average Bonchev–Trinajstić information content (AvgIpc) is 2.81. The number of unbranched alkanes of at least 4 members (excludes halogenated alkanes) is 1. The van der Waals surface area contributed by atoms with E-state index in [0.717, 1.165) is 31.0 Å². The van der Waals surface area contributed by atoms with E-state index in [-0.39, 0.29) is 11.8 Å². The van der Waals surface area contributed by atoms with Crippen molar-refractivity contribution in [1.82, 2.24) is 15.1 Å². The van der Waals surface area contributed by atoms with Crippen LogP contribution >= 0.6 is 11.8 Å². The molecule has 0 radical (unpaired) electrons. The standard InChI is InChI=1S/C26H35N3O2S/c1-3-4-8-22-11-13-24(14-12-22)32-20-25(27-21(2)30)26(31)29-17-15-28(16-18-29)19-23-9-6-5-7-10-23/h5-7,9-14,25H,3-4,8,15-20H2,1-2H3,(H,27,30). The molecule has 5 nitrogen and oxygen atoms in total. The van der Waals surface area contributed by atoms with Crippen molar-refractivity contribution in [3.8, 4) is 0 Å². The van der Waals surface area contributed by atoms with Crippen molar-refractivity contribution in [1.29, 1.82) is 0 Å². The van der Waals surface area contributed by atoms with E-state index in [2.05, 4.69) is 65.7 Å². The molecular formula is C26H35N3O2S. The molecule has 0 spiro atoms. The molecule has 1 heterocycles. The molecule has 1 unspecified atom stereocenters. The molecule has 0 aromatic heterocycles. The highest BCUT2D eigenvalue weighted by atomic mass is 32.2. The summed E-state index contributed by atoms with van der Waals surface area (Å²) in [5.74, 6) is 0.393. The van der Waals surface area contributed by atoms with Crippen molar-refractivity contribution in [3.63, 3.8) is 0 Å². The molecule has 3 rings (SSSR count).